The van der Waals surface area contributed by atoms with Gasteiger partial charge < -0.3 is 5.32 Å². The summed E-state index contributed by atoms with van der Waals surface area (Å²) in [5.41, 5.74) is 6.80. The van der Waals surface area contributed by atoms with E-state index in [1.54, 1.807) is 30.1 Å². The lowest BCUT2D eigenvalue weighted by Crippen LogP contribution is -2.49. The molecule has 0 aliphatic heterocycles. The second-order valence-electron chi connectivity index (χ2n) is 10.1. The molecule has 0 unspecified atom stereocenters. The Morgan fingerprint density at radius 3 is 2.50 bits per heavy atom. The van der Waals surface area contributed by atoms with Crippen molar-refractivity contribution in [1.29, 1.82) is 0 Å². The van der Waals surface area contributed by atoms with E-state index >= 15 is 0 Å². The summed E-state index contributed by atoms with van der Waals surface area (Å²) in [4.78, 5) is 18.0. The lowest BCUT2D eigenvalue weighted by atomic mass is 9.74. The summed E-state index contributed by atoms with van der Waals surface area (Å²) in [5.74, 6) is 0.303. The van der Waals surface area contributed by atoms with Gasteiger partial charge in [-0.15, -0.1) is 0 Å². The highest BCUT2D eigenvalue weighted by atomic mass is 35.5. The first-order valence-corrected chi connectivity index (χ1v) is 13.2. The van der Waals surface area contributed by atoms with Gasteiger partial charge in [0.2, 0.25) is 0 Å². The molecule has 192 valence electrons. The summed E-state index contributed by atoms with van der Waals surface area (Å²) in [6.07, 6.45) is 5.66. The highest BCUT2D eigenvalue weighted by molar-refractivity contribution is 6.40. The van der Waals surface area contributed by atoms with E-state index in [-0.39, 0.29) is 21.5 Å². The molecule has 1 aliphatic carbocycles. The fourth-order valence-corrected chi connectivity index (χ4v) is 6.04. The smallest absolute Gasteiger partial charge is 0.255 e. The molecule has 0 fully saturated rings. The normalized spacial score (nSPS) is 17.0. The zero-order valence-corrected chi connectivity index (χ0v) is 22.8. The molecule has 5 aromatic rings. The molecule has 1 amide bonds. The van der Waals surface area contributed by atoms with Gasteiger partial charge in [-0.3, -0.25) is 4.79 Å². The number of amides is 1. The van der Waals surface area contributed by atoms with Crippen LogP contribution in [0, 0.1) is 20.8 Å². The minimum Gasteiger partial charge on any atom is -0.342 e. The molecule has 0 radical (unpaired) electrons. The van der Waals surface area contributed by atoms with Crippen molar-refractivity contribution in [1.82, 2.24) is 29.7 Å². The molecular formula is C29H26Cl2N6O. The third kappa shape index (κ3) is 4.25. The molecule has 0 bridgehead atoms. The number of fused-ring (bicyclic) bond motifs is 3. The topological polar surface area (TPSA) is 77.1 Å². The Kier molecular flexibility index (Phi) is 6.00. The molecule has 9 heteroatoms. The Labute approximate surface area is 230 Å². The van der Waals surface area contributed by atoms with Crippen molar-refractivity contribution in [2.75, 3.05) is 0 Å². The zero-order valence-electron chi connectivity index (χ0n) is 21.3. The van der Waals surface area contributed by atoms with Crippen LogP contribution in [0.4, 0.5) is 0 Å². The van der Waals surface area contributed by atoms with Gasteiger partial charge >= 0.3 is 0 Å². The van der Waals surface area contributed by atoms with Crippen LogP contribution >= 0.6 is 23.2 Å². The Bertz CT molecular complexity index is 1700. The van der Waals surface area contributed by atoms with Gasteiger partial charge in [-0.25, -0.2) is 14.2 Å². The van der Waals surface area contributed by atoms with Crippen LogP contribution in [-0.2, 0) is 18.4 Å². The van der Waals surface area contributed by atoms with Gasteiger partial charge in [0, 0.05) is 18.2 Å². The number of pyridine rings is 1. The van der Waals surface area contributed by atoms with Crippen molar-refractivity contribution >= 4 is 34.6 Å². The summed E-state index contributed by atoms with van der Waals surface area (Å²) in [6.45, 7) is 5.91. The fourth-order valence-electron chi connectivity index (χ4n) is 5.39. The van der Waals surface area contributed by atoms with Crippen LogP contribution in [0.15, 0.2) is 61.1 Å². The Morgan fingerprint density at radius 2 is 1.79 bits per heavy atom. The second-order valence-corrected chi connectivity index (χ2v) is 10.9. The van der Waals surface area contributed by atoms with Gasteiger partial charge in [-0.05, 0) is 62.9 Å². The molecule has 0 spiro atoms. The van der Waals surface area contributed by atoms with E-state index < -0.39 is 5.54 Å². The number of hydrogen-bond donors (Lipinski definition) is 1. The lowest BCUT2D eigenvalue weighted by molar-refractivity contribution is 0.0886. The predicted octanol–water partition coefficient (Wildman–Crippen LogP) is 5.96. The number of nitrogens with zero attached hydrogens (tertiary/aromatic N) is 5. The third-order valence-electron chi connectivity index (χ3n) is 7.28. The van der Waals surface area contributed by atoms with Crippen molar-refractivity contribution in [3.05, 3.63) is 110 Å². The third-order valence-corrected chi connectivity index (χ3v) is 7.87. The van der Waals surface area contributed by atoms with E-state index in [4.69, 9.17) is 28.3 Å². The molecule has 1 atom stereocenters. The standard InChI is InChI=1S/C29H26Cl2N6O/c1-17-5-4-6-20(11-17)29(10-9-25-22(14-29)26-8-7-18(2)15-36(26)35-25)33-28(38)27-23(30)12-21(13-24(27)31)37-16-32-19(3)34-37/h4-8,11-13,15-16H,9-10,14H2,1-3H3,(H,33,38)/t29-/m1/s1. The lowest BCUT2D eigenvalue weighted by Gasteiger charge is -2.39. The molecule has 0 saturated carbocycles. The Hall–Kier alpha value is -3.68. The molecule has 3 aromatic heterocycles. The van der Waals surface area contributed by atoms with Crippen molar-refractivity contribution in [2.24, 2.45) is 0 Å². The van der Waals surface area contributed by atoms with Crippen LogP contribution in [0.3, 0.4) is 0 Å². The molecule has 1 N–H and O–H groups in total. The number of aryl methyl sites for hydroxylation is 4. The van der Waals surface area contributed by atoms with Crippen LogP contribution in [0.1, 0.15) is 50.6 Å². The number of benzene rings is 2. The van der Waals surface area contributed by atoms with Crippen LogP contribution in [0.5, 0.6) is 0 Å². The largest absolute Gasteiger partial charge is 0.342 e. The number of carbonyl (C=O) groups excluding carboxylic acids is 1. The van der Waals surface area contributed by atoms with Gasteiger partial charge in [0.15, 0.2) is 0 Å². The average molecular weight is 545 g/mol. The molecule has 3 heterocycles. The molecule has 7 nitrogen and oxygen atoms in total. The highest BCUT2D eigenvalue weighted by Gasteiger charge is 2.40. The summed E-state index contributed by atoms with van der Waals surface area (Å²) in [5, 5.41) is 13.0. The van der Waals surface area contributed by atoms with Gasteiger partial charge in [0.25, 0.3) is 5.91 Å². The van der Waals surface area contributed by atoms with Gasteiger partial charge in [0.05, 0.1) is 38.0 Å². The SMILES string of the molecule is Cc1cccc([C@@]2(NC(=O)c3c(Cl)cc(-n4cnc(C)n4)cc3Cl)CCc3nn4cc(C)ccc4c3C2)c1. The van der Waals surface area contributed by atoms with E-state index in [1.807, 2.05) is 16.8 Å². The maximum atomic E-state index is 13.9. The number of carbonyl (C=O) groups is 1. The first-order chi connectivity index (χ1) is 18.2. The molecule has 0 saturated heterocycles. The fraction of sp³-hybridized carbons (Fsp3) is 0.241. The van der Waals surface area contributed by atoms with Crippen molar-refractivity contribution < 1.29 is 4.79 Å². The van der Waals surface area contributed by atoms with E-state index in [9.17, 15) is 4.79 Å². The molecule has 1 aliphatic rings. The zero-order chi connectivity index (χ0) is 26.6. The highest BCUT2D eigenvalue weighted by Crippen LogP contribution is 2.39. The summed E-state index contributed by atoms with van der Waals surface area (Å²) in [7, 11) is 0. The maximum absolute atomic E-state index is 13.9. The monoisotopic (exact) mass is 544 g/mol. The van der Waals surface area contributed by atoms with Gasteiger partial charge in [0.1, 0.15) is 12.2 Å². The van der Waals surface area contributed by atoms with Gasteiger partial charge in [-0.2, -0.15) is 10.2 Å². The van der Waals surface area contributed by atoms with Gasteiger partial charge in [-0.1, -0.05) is 59.1 Å². The molecule has 38 heavy (non-hydrogen) atoms. The predicted molar refractivity (Wildman–Crippen MR) is 148 cm³/mol. The number of rotatable bonds is 4. The van der Waals surface area contributed by atoms with E-state index in [0.29, 0.717) is 24.4 Å². The first kappa shape index (κ1) is 24.6. The molecular weight excluding hydrogens is 519 g/mol. The van der Waals surface area contributed by atoms with Crippen molar-refractivity contribution in [2.45, 2.75) is 45.6 Å². The molecule has 6 rings (SSSR count). The quantitative estimate of drug-likeness (QED) is 0.302. The second kappa shape index (κ2) is 9.26. The van der Waals surface area contributed by atoms with Crippen molar-refractivity contribution in [3.8, 4) is 5.69 Å². The van der Waals surface area contributed by atoms with Crippen LogP contribution in [-0.4, -0.2) is 30.3 Å². The van der Waals surface area contributed by atoms with Crippen LogP contribution in [0.2, 0.25) is 10.0 Å². The minimum atomic E-state index is -0.654. The number of aromatic nitrogens is 5. The summed E-state index contributed by atoms with van der Waals surface area (Å²) < 4.78 is 3.53. The summed E-state index contributed by atoms with van der Waals surface area (Å²) in [6, 6.07) is 15.9. The van der Waals surface area contributed by atoms with E-state index in [1.165, 1.54) is 0 Å². The van der Waals surface area contributed by atoms with E-state index in [2.05, 4.69) is 59.6 Å². The van der Waals surface area contributed by atoms with Crippen LogP contribution < -0.4 is 5.32 Å². The molecule has 2 aromatic carbocycles. The first-order valence-electron chi connectivity index (χ1n) is 12.5. The van der Waals surface area contributed by atoms with E-state index in [0.717, 1.165) is 39.9 Å². The van der Waals surface area contributed by atoms with Crippen LogP contribution in [0.25, 0.3) is 11.2 Å². The summed E-state index contributed by atoms with van der Waals surface area (Å²) >= 11 is 13.3. The number of halogens is 2. The minimum absolute atomic E-state index is 0.238. The number of nitrogens with one attached hydrogen (secondary N) is 1. The maximum Gasteiger partial charge on any atom is 0.255 e. The Balaban J connectivity index is 1.41. The van der Waals surface area contributed by atoms with Crippen molar-refractivity contribution in [3.63, 3.8) is 0 Å². The average Bonchev–Trinajstić information content (AvgIpc) is 3.46. The number of hydrogen-bond acceptors (Lipinski definition) is 4. The Morgan fingerprint density at radius 1 is 1.00 bits per heavy atom.